The minimum absolute atomic E-state index is 0.0210. The Balaban J connectivity index is 1.23. The summed E-state index contributed by atoms with van der Waals surface area (Å²) in [5.41, 5.74) is 2.52. The van der Waals surface area contributed by atoms with Gasteiger partial charge in [0.15, 0.2) is 0 Å². The van der Waals surface area contributed by atoms with Gasteiger partial charge in [-0.2, -0.15) is 0 Å². The number of hydrogen-bond donors (Lipinski definition) is 0. The average molecular weight is 491 g/mol. The Kier molecular flexibility index (Phi) is 9.23. The number of esters is 2. The molecule has 0 aromatic heterocycles. The molecule has 2 aliphatic carbocycles. The Hall–Kier alpha value is -2.62. The molecule has 4 nitrogen and oxygen atoms in total. The fourth-order valence-electron chi connectivity index (χ4n) is 6.53. The number of benzene rings is 2. The third-order valence-electron chi connectivity index (χ3n) is 8.85. The van der Waals surface area contributed by atoms with Crippen LogP contribution in [0.1, 0.15) is 88.4 Å². The van der Waals surface area contributed by atoms with Gasteiger partial charge in [-0.15, -0.1) is 0 Å². The third kappa shape index (κ3) is 6.57. The van der Waals surface area contributed by atoms with Gasteiger partial charge in [0, 0.05) is 0 Å². The lowest BCUT2D eigenvalue weighted by atomic mass is 9.67. The van der Waals surface area contributed by atoms with Gasteiger partial charge in [0.05, 0.1) is 18.6 Å². The summed E-state index contributed by atoms with van der Waals surface area (Å²) in [5, 5.41) is 0. The molecule has 2 fully saturated rings. The second kappa shape index (κ2) is 12.6. The molecule has 4 rings (SSSR count). The predicted molar refractivity (Wildman–Crippen MR) is 144 cm³/mol. The molecule has 1 atom stereocenters. The second-order valence-electron chi connectivity index (χ2n) is 11.1. The Morgan fingerprint density at radius 3 is 1.86 bits per heavy atom. The van der Waals surface area contributed by atoms with E-state index in [0.717, 1.165) is 47.6 Å². The topological polar surface area (TPSA) is 52.6 Å². The molecule has 2 aromatic carbocycles. The maximum absolute atomic E-state index is 12.8. The van der Waals surface area contributed by atoms with Crippen molar-refractivity contribution in [1.29, 1.82) is 0 Å². The van der Waals surface area contributed by atoms with E-state index in [0.29, 0.717) is 11.3 Å². The van der Waals surface area contributed by atoms with Crippen LogP contribution in [-0.4, -0.2) is 19.0 Å². The lowest BCUT2D eigenvalue weighted by Gasteiger charge is -2.38. The van der Waals surface area contributed by atoms with Gasteiger partial charge >= 0.3 is 11.9 Å². The summed E-state index contributed by atoms with van der Waals surface area (Å²) in [6, 6.07) is 14.9. The number of ether oxygens (including phenoxy) is 2. The first-order valence-electron chi connectivity index (χ1n) is 14.0. The highest BCUT2D eigenvalue weighted by atomic mass is 16.5. The molecule has 0 bridgehead atoms. The predicted octanol–water partition coefficient (Wildman–Crippen LogP) is 8.09. The van der Waals surface area contributed by atoms with Gasteiger partial charge in [-0.3, -0.25) is 4.79 Å². The Labute approximate surface area is 216 Å². The molecule has 0 heterocycles. The lowest BCUT2D eigenvalue weighted by molar-refractivity contribution is -0.140. The first kappa shape index (κ1) is 26.4. The zero-order valence-corrected chi connectivity index (χ0v) is 22.2. The number of rotatable bonds is 8. The lowest BCUT2D eigenvalue weighted by Crippen LogP contribution is -2.30. The summed E-state index contributed by atoms with van der Waals surface area (Å²) in [5.74, 6) is 3.65. The van der Waals surface area contributed by atoms with Crippen LogP contribution < -0.4 is 4.74 Å². The van der Waals surface area contributed by atoms with E-state index in [1.54, 1.807) is 12.1 Å². The van der Waals surface area contributed by atoms with Crippen molar-refractivity contribution >= 4 is 11.9 Å². The van der Waals surface area contributed by atoms with Gasteiger partial charge in [-0.25, -0.2) is 4.79 Å². The maximum Gasteiger partial charge on any atom is 0.337 e. The van der Waals surface area contributed by atoms with E-state index >= 15 is 0 Å². The van der Waals surface area contributed by atoms with Crippen LogP contribution in [0.3, 0.4) is 0 Å². The van der Waals surface area contributed by atoms with E-state index in [-0.39, 0.29) is 17.9 Å². The Morgan fingerprint density at radius 1 is 0.806 bits per heavy atom. The summed E-state index contributed by atoms with van der Waals surface area (Å²) < 4.78 is 10.5. The van der Waals surface area contributed by atoms with Gasteiger partial charge in [-0.1, -0.05) is 51.0 Å². The molecule has 0 radical (unpaired) electrons. The zero-order valence-electron chi connectivity index (χ0n) is 22.2. The average Bonchev–Trinajstić information content (AvgIpc) is 2.93. The fraction of sp³-hybridized carbons (Fsp3) is 0.562. The first-order chi connectivity index (χ1) is 17.5. The summed E-state index contributed by atoms with van der Waals surface area (Å²) in [6.07, 6.45) is 12.5. The number of hydrogen-bond acceptors (Lipinski definition) is 4. The fourth-order valence-corrected chi connectivity index (χ4v) is 6.53. The van der Waals surface area contributed by atoms with Crippen molar-refractivity contribution < 1.29 is 19.1 Å². The third-order valence-corrected chi connectivity index (χ3v) is 8.85. The van der Waals surface area contributed by atoms with Gasteiger partial charge < -0.3 is 9.47 Å². The van der Waals surface area contributed by atoms with Crippen molar-refractivity contribution in [3.8, 4) is 16.9 Å². The van der Waals surface area contributed by atoms with Crippen molar-refractivity contribution in [2.24, 2.45) is 29.6 Å². The summed E-state index contributed by atoms with van der Waals surface area (Å²) >= 11 is 0. The molecule has 0 saturated heterocycles. The summed E-state index contributed by atoms with van der Waals surface area (Å²) in [6.45, 7) is 4.75. The molecular formula is C32H42O4. The smallest absolute Gasteiger partial charge is 0.337 e. The van der Waals surface area contributed by atoms with Gasteiger partial charge in [0.2, 0.25) is 0 Å². The first-order valence-corrected chi connectivity index (χ1v) is 14.0. The maximum atomic E-state index is 12.8. The molecule has 0 aliphatic heterocycles. The van der Waals surface area contributed by atoms with Crippen molar-refractivity contribution in [1.82, 2.24) is 0 Å². The summed E-state index contributed by atoms with van der Waals surface area (Å²) in [7, 11) is 1.38. The van der Waals surface area contributed by atoms with Crippen molar-refractivity contribution in [2.75, 3.05) is 7.11 Å². The number of carbonyl (C=O) groups excluding carboxylic acids is 2. The van der Waals surface area contributed by atoms with E-state index in [1.807, 2.05) is 36.4 Å². The largest absolute Gasteiger partial charge is 0.465 e. The van der Waals surface area contributed by atoms with Crippen molar-refractivity contribution in [3.63, 3.8) is 0 Å². The van der Waals surface area contributed by atoms with Gasteiger partial charge in [0.1, 0.15) is 5.75 Å². The molecule has 0 amide bonds. The van der Waals surface area contributed by atoms with Crippen molar-refractivity contribution in [3.05, 3.63) is 54.1 Å². The highest BCUT2D eigenvalue weighted by molar-refractivity contribution is 5.90. The van der Waals surface area contributed by atoms with E-state index < -0.39 is 0 Å². The minimum atomic E-state index is -0.345. The SMILES string of the molecule is CCCC(C)C1CCC(C2CCC(C(=O)Oc3ccc(-c4ccc(C(=O)OC)cc4)cc3)CC2)CC1. The van der Waals surface area contributed by atoms with Crippen LogP contribution in [0.4, 0.5) is 0 Å². The van der Waals surface area contributed by atoms with E-state index in [1.165, 1.54) is 58.5 Å². The Bertz CT molecular complexity index is 978. The van der Waals surface area contributed by atoms with Crippen LogP contribution in [0.2, 0.25) is 0 Å². The highest BCUT2D eigenvalue weighted by Crippen LogP contribution is 2.43. The number of methoxy groups -OCH3 is 1. The molecule has 4 heteroatoms. The quantitative estimate of drug-likeness (QED) is 0.277. The molecule has 2 aromatic rings. The monoisotopic (exact) mass is 490 g/mol. The van der Waals surface area contributed by atoms with Crippen LogP contribution >= 0.6 is 0 Å². The zero-order chi connectivity index (χ0) is 25.5. The normalized spacial score (nSPS) is 25.1. The molecule has 1 unspecified atom stereocenters. The van der Waals surface area contributed by atoms with E-state index in [4.69, 9.17) is 9.47 Å². The minimum Gasteiger partial charge on any atom is -0.465 e. The molecule has 194 valence electrons. The van der Waals surface area contributed by atoms with Crippen LogP contribution in [0, 0.1) is 29.6 Å². The number of carbonyl (C=O) groups is 2. The molecule has 0 spiro atoms. The van der Waals surface area contributed by atoms with Crippen LogP contribution in [0.5, 0.6) is 5.75 Å². The highest BCUT2D eigenvalue weighted by Gasteiger charge is 2.34. The van der Waals surface area contributed by atoms with Crippen LogP contribution in [-0.2, 0) is 9.53 Å². The van der Waals surface area contributed by atoms with Gasteiger partial charge in [-0.05, 0) is 110 Å². The van der Waals surface area contributed by atoms with Gasteiger partial charge in [0.25, 0.3) is 0 Å². The van der Waals surface area contributed by atoms with E-state index in [2.05, 4.69) is 13.8 Å². The van der Waals surface area contributed by atoms with Crippen LogP contribution in [0.25, 0.3) is 11.1 Å². The molecule has 0 N–H and O–H groups in total. The molecule has 2 aliphatic rings. The van der Waals surface area contributed by atoms with E-state index in [9.17, 15) is 9.59 Å². The van der Waals surface area contributed by atoms with Crippen molar-refractivity contribution in [2.45, 2.75) is 78.1 Å². The Morgan fingerprint density at radius 2 is 1.33 bits per heavy atom. The molecular weight excluding hydrogens is 448 g/mol. The molecule has 36 heavy (non-hydrogen) atoms. The van der Waals surface area contributed by atoms with Crippen LogP contribution in [0.15, 0.2) is 48.5 Å². The second-order valence-corrected chi connectivity index (χ2v) is 11.1. The summed E-state index contributed by atoms with van der Waals surface area (Å²) in [4.78, 5) is 24.5. The molecule has 2 saturated carbocycles. The standard InChI is InChI=1S/C32H42O4/c1-4-5-22(2)23-6-8-24(9-7-23)25-12-16-29(17-13-25)32(34)36-30-20-18-27(19-21-30)26-10-14-28(15-11-26)31(33)35-3/h10-11,14-15,18-25,29H,4-9,12-13,16-17H2,1-3H3.